The fraction of sp³-hybridized carbons (Fsp3) is 0.476. The minimum atomic E-state index is -1.58. The van der Waals surface area contributed by atoms with Crippen molar-refractivity contribution in [3.8, 4) is 0 Å². The summed E-state index contributed by atoms with van der Waals surface area (Å²) in [7, 11) is -1.58. The Morgan fingerprint density at radius 3 is 2.15 bits per heavy atom. The summed E-state index contributed by atoms with van der Waals surface area (Å²) in [5, 5.41) is 21.8. The molecule has 1 aromatic heterocycles. The van der Waals surface area contributed by atoms with Gasteiger partial charge in [0.2, 0.25) is 0 Å². The van der Waals surface area contributed by atoms with Crippen LogP contribution in [0.25, 0.3) is 0 Å². The number of hydrogen-bond donors (Lipinski definition) is 2. The van der Waals surface area contributed by atoms with Gasteiger partial charge in [0.25, 0.3) is 0 Å². The molecule has 6 heteroatoms. The summed E-state index contributed by atoms with van der Waals surface area (Å²) in [6, 6.07) is 6.81. The minimum Gasteiger partial charge on any atom is -0.423 e. The van der Waals surface area contributed by atoms with Crippen LogP contribution in [0.2, 0.25) is 0 Å². The first-order valence-corrected chi connectivity index (χ1v) is 9.37. The van der Waals surface area contributed by atoms with E-state index in [1.165, 1.54) is 17.3 Å². The summed E-state index contributed by atoms with van der Waals surface area (Å²) in [5.41, 5.74) is 5.44. The van der Waals surface area contributed by atoms with Crippen molar-refractivity contribution in [2.75, 3.05) is 0 Å². The predicted octanol–water partition coefficient (Wildman–Crippen LogP) is 3.27. The smallest absolute Gasteiger partial charge is 0.423 e. The van der Waals surface area contributed by atoms with Gasteiger partial charge in [-0.2, -0.15) is 0 Å². The number of aryl methyl sites for hydroxylation is 1. The zero-order chi connectivity index (χ0) is 20.0. The Morgan fingerprint density at radius 1 is 1.07 bits per heavy atom. The third-order valence-corrected chi connectivity index (χ3v) is 6.03. The van der Waals surface area contributed by atoms with Crippen molar-refractivity contribution in [1.82, 2.24) is 4.98 Å². The Morgan fingerprint density at radius 2 is 1.67 bits per heavy atom. The standard InChI is InChI=1S/C21H27BN2O3/c1-13-10-16-17(21(4,5)9-8-20(16,2)3)11-15(13)19(24-27)18-7-6-14(12-23-18)22(25)26/h6-7,10-12,19,25-26H,8-9H2,1-5H3. The number of aromatic nitrogens is 1. The second-order valence-electron chi connectivity index (χ2n) is 8.92. The van der Waals surface area contributed by atoms with Gasteiger partial charge in [0.15, 0.2) is 6.04 Å². The molecule has 2 N–H and O–H groups in total. The van der Waals surface area contributed by atoms with Crippen molar-refractivity contribution in [2.45, 2.75) is 64.3 Å². The van der Waals surface area contributed by atoms with Gasteiger partial charge in [-0.25, -0.2) is 0 Å². The third kappa shape index (κ3) is 3.56. The van der Waals surface area contributed by atoms with E-state index in [1.54, 1.807) is 12.1 Å². The van der Waals surface area contributed by atoms with Gasteiger partial charge in [-0.05, 0) is 58.9 Å². The molecule has 1 aliphatic carbocycles. The van der Waals surface area contributed by atoms with Crippen LogP contribution in [0.4, 0.5) is 0 Å². The Hall–Kier alpha value is -2.05. The molecular formula is C21H27BN2O3. The molecule has 0 aliphatic heterocycles. The molecule has 5 nitrogen and oxygen atoms in total. The zero-order valence-corrected chi connectivity index (χ0v) is 16.7. The van der Waals surface area contributed by atoms with Crippen LogP contribution in [0, 0.1) is 11.8 Å². The van der Waals surface area contributed by atoms with E-state index in [0.29, 0.717) is 5.69 Å². The van der Waals surface area contributed by atoms with Crippen molar-refractivity contribution >= 4 is 12.6 Å². The molecule has 0 bridgehead atoms. The highest BCUT2D eigenvalue weighted by atomic mass is 16.4. The molecule has 1 heterocycles. The molecule has 0 spiro atoms. The topological polar surface area (TPSA) is 82.8 Å². The molecule has 3 rings (SSSR count). The van der Waals surface area contributed by atoms with Crippen molar-refractivity contribution in [3.63, 3.8) is 0 Å². The molecule has 1 aliphatic rings. The fourth-order valence-corrected chi connectivity index (χ4v) is 4.03. The van der Waals surface area contributed by atoms with Crippen LogP contribution in [-0.4, -0.2) is 22.2 Å². The number of benzene rings is 1. The largest absolute Gasteiger partial charge is 0.490 e. The molecule has 0 amide bonds. The van der Waals surface area contributed by atoms with E-state index in [1.807, 2.05) is 6.92 Å². The first-order valence-electron chi connectivity index (χ1n) is 9.37. The van der Waals surface area contributed by atoms with Crippen molar-refractivity contribution < 1.29 is 10.0 Å². The molecule has 0 radical (unpaired) electrons. The van der Waals surface area contributed by atoms with Crippen molar-refractivity contribution in [2.24, 2.45) is 5.18 Å². The Bertz CT molecular complexity index is 860. The Balaban J connectivity index is 2.11. The van der Waals surface area contributed by atoms with Gasteiger partial charge in [-0.3, -0.25) is 4.98 Å². The van der Waals surface area contributed by atoms with E-state index in [0.717, 1.165) is 24.0 Å². The Kier molecular flexibility index (Phi) is 4.99. The normalized spacial score (nSPS) is 18.5. The van der Waals surface area contributed by atoms with Crippen molar-refractivity contribution in [1.29, 1.82) is 0 Å². The van der Waals surface area contributed by atoms with Gasteiger partial charge in [-0.15, -0.1) is 4.91 Å². The fourth-order valence-electron chi connectivity index (χ4n) is 4.03. The summed E-state index contributed by atoms with van der Waals surface area (Å²) in [6.45, 7) is 11.1. The van der Waals surface area contributed by atoms with Gasteiger partial charge >= 0.3 is 7.12 Å². The number of fused-ring (bicyclic) bond motifs is 1. The summed E-state index contributed by atoms with van der Waals surface area (Å²) in [4.78, 5) is 16.0. The molecule has 0 saturated carbocycles. The van der Waals surface area contributed by atoms with Crippen LogP contribution in [0.5, 0.6) is 0 Å². The lowest BCUT2D eigenvalue weighted by Gasteiger charge is -2.42. The van der Waals surface area contributed by atoms with Gasteiger partial charge < -0.3 is 10.0 Å². The molecule has 0 saturated heterocycles. The van der Waals surface area contributed by atoms with Gasteiger partial charge in [0.05, 0.1) is 5.69 Å². The SMILES string of the molecule is Cc1cc2c(cc1C(N=O)c1ccc(B(O)O)cn1)C(C)(C)CCC2(C)C. The highest BCUT2D eigenvalue weighted by molar-refractivity contribution is 6.58. The first-order chi connectivity index (χ1) is 12.6. The molecule has 2 aromatic rings. The average Bonchev–Trinajstić information content (AvgIpc) is 2.61. The van der Waals surface area contributed by atoms with Crippen LogP contribution in [-0.2, 0) is 10.8 Å². The van der Waals surface area contributed by atoms with Crippen LogP contribution >= 0.6 is 0 Å². The van der Waals surface area contributed by atoms with Crippen molar-refractivity contribution in [3.05, 3.63) is 63.3 Å². The van der Waals surface area contributed by atoms with Crippen LogP contribution in [0.1, 0.15) is 74.5 Å². The second kappa shape index (κ2) is 6.84. The van der Waals surface area contributed by atoms with Gasteiger partial charge in [0.1, 0.15) is 0 Å². The van der Waals surface area contributed by atoms with E-state index in [-0.39, 0.29) is 16.3 Å². The molecule has 1 aromatic carbocycles. The summed E-state index contributed by atoms with van der Waals surface area (Å²) in [6.07, 6.45) is 3.60. The van der Waals surface area contributed by atoms with Crippen LogP contribution in [0.15, 0.2) is 35.6 Å². The molecule has 142 valence electrons. The lowest BCUT2D eigenvalue weighted by molar-refractivity contribution is 0.331. The maximum Gasteiger partial charge on any atom is 0.490 e. The molecule has 1 unspecified atom stereocenters. The zero-order valence-electron chi connectivity index (χ0n) is 16.7. The number of rotatable bonds is 4. The third-order valence-electron chi connectivity index (χ3n) is 6.03. The van der Waals surface area contributed by atoms with E-state index >= 15 is 0 Å². The highest BCUT2D eigenvalue weighted by Gasteiger charge is 2.38. The van der Waals surface area contributed by atoms with Gasteiger partial charge in [0, 0.05) is 11.7 Å². The monoisotopic (exact) mass is 366 g/mol. The lowest BCUT2D eigenvalue weighted by atomic mass is 9.62. The number of pyridine rings is 1. The van der Waals surface area contributed by atoms with E-state index in [9.17, 15) is 15.0 Å². The summed E-state index contributed by atoms with van der Waals surface area (Å²) < 4.78 is 0. The second-order valence-corrected chi connectivity index (χ2v) is 8.92. The predicted molar refractivity (Wildman–Crippen MR) is 108 cm³/mol. The quantitative estimate of drug-likeness (QED) is 0.643. The molecule has 0 fully saturated rings. The molecule has 1 atom stereocenters. The van der Waals surface area contributed by atoms with Crippen LogP contribution in [0.3, 0.4) is 0 Å². The number of nitrogens with zero attached hydrogens (tertiary/aromatic N) is 2. The van der Waals surface area contributed by atoms with E-state index < -0.39 is 13.2 Å². The number of hydrogen-bond acceptors (Lipinski definition) is 5. The number of nitroso groups, excluding NO2 is 1. The average molecular weight is 366 g/mol. The van der Waals surface area contributed by atoms with Gasteiger partial charge in [-0.1, -0.05) is 51.1 Å². The maximum atomic E-state index is 11.7. The molecular weight excluding hydrogens is 339 g/mol. The lowest BCUT2D eigenvalue weighted by Crippen LogP contribution is -2.34. The maximum absolute atomic E-state index is 11.7. The highest BCUT2D eigenvalue weighted by Crippen LogP contribution is 2.47. The Labute approximate surface area is 161 Å². The summed E-state index contributed by atoms with van der Waals surface area (Å²) >= 11 is 0. The minimum absolute atomic E-state index is 0.0407. The van der Waals surface area contributed by atoms with E-state index in [2.05, 4.69) is 50.0 Å². The first kappa shape index (κ1) is 19.7. The molecule has 27 heavy (non-hydrogen) atoms. The van der Waals surface area contributed by atoms with E-state index in [4.69, 9.17) is 0 Å². The summed E-state index contributed by atoms with van der Waals surface area (Å²) in [5.74, 6) is 0. The van der Waals surface area contributed by atoms with Crippen LogP contribution < -0.4 is 5.46 Å².